The minimum absolute atomic E-state index is 0.0975. The Hall–Kier alpha value is -1.46. The molecule has 21 heavy (non-hydrogen) atoms. The summed E-state index contributed by atoms with van der Waals surface area (Å²) in [6.07, 6.45) is 2.84. The van der Waals surface area contributed by atoms with Crippen LogP contribution in [0.3, 0.4) is 0 Å². The molecule has 0 bridgehead atoms. The second-order valence-electron chi connectivity index (χ2n) is 5.99. The van der Waals surface area contributed by atoms with Gasteiger partial charge < -0.3 is 10.2 Å². The standard InChI is InChI=1S/C16H21N3OS/c1-11-3-4-13-14(9-11)21-16(17-13)18-15(20)10-12-5-7-19(2)8-6-12/h3-4,9,12H,5-8,10H2,1-2H3,(H,17,18,20). The highest BCUT2D eigenvalue weighted by atomic mass is 32.1. The van der Waals surface area contributed by atoms with Crippen LogP contribution in [0.25, 0.3) is 10.2 Å². The number of piperidine rings is 1. The Balaban J connectivity index is 1.60. The lowest BCUT2D eigenvalue weighted by atomic mass is 9.93. The van der Waals surface area contributed by atoms with Crippen molar-refractivity contribution in [2.75, 3.05) is 25.5 Å². The molecule has 0 unspecified atom stereocenters. The molecule has 1 aliphatic heterocycles. The fraction of sp³-hybridized carbons (Fsp3) is 0.500. The number of amides is 1. The number of nitrogens with one attached hydrogen (secondary N) is 1. The monoisotopic (exact) mass is 303 g/mol. The molecule has 0 spiro atoms. The number of likely N-dealkylation sites (tertiary alicyclic amines) is 1. The third kappa shape index (κ3) is 3.60. The SMILES string of the molecule is Cc1ccc2nc(NC(=O)CC3CCN(C)CC3)sc2c1. The van der Waals surface area contributed by atoms with E-state index in [-0.39, 0.29) is 5.91 Å². The number of fused-ring (bicyclic) bond motifs is 1. The molecule has 1 amide bonds. The zero-order valence-electron chi connectivity index (χ0n) is 12.6. The molecule has 1 aromatic carbocycles. The molecule has 1 fully saturated rings. The van der Waals surface area contributed by atoms with Gasteiger partial charge in [-0.15, -0.1) is 0 Å². The van der Waals surface area contributed by atoms with Gasteiger partial charge in [-0.1, -0.05) is 17.4 Å². The lowest BCUT2D eigenvalue weighted by Crippen LogP contribution is -2.31. The van der Waals surface area contributed by atoms with E-state index in [2.05, 4.69) is 35.2 Å². The number of hydrogen-bond acceptors (Lipinski definition) is 4. The maximum absolute atomic E-state index is 12.1. The summed E-state index contributed by atoms with van der Waals surface area (Å²) in [5.74, 6) is 0.609. The Morgan fingerprint density at radius 1 is 1.43 bits per heavy atom. The van der Waals surface area contributed by atoms with Crippen molar-refractivity contribution in [3.8, 4) is 0 Å². The fourth-order valence-corrected chi connectivity index (χ4v) is 3.76. The summed E-state index contributed by atoms with van der Waals surface area (Å²) in [5.41, 5.74) is 2.18. The van der Waals surface area contributed by atoms with Gasteiger partial charge in [0.15, 0.2) is 5.13 Å². The van der Waals surface area contributed by atoms with Crippen LogP contribution in [-0.2, 0) is 4.79 Å². The molecule has 1 aliphatic rings. The van der Waals surface area contributed by atoms with Gasteiger partial charge in [0.2, 0.25) is 5.91 Å². The van der Waals surface area contributed by atoms with Crippen molar-refractivity contribution >= 4 is 32.6 Å². The third-order valence-electron chi connectivity index (χ3n) is 4.10. The first-order valence-corrected chi connectivity index (χ1v) is 8.27. The van der Waals surface area contributed by atoms with Gasteiger partial charge in [0.25, 0.3) is 0 Å². The predicted molar refractivity (Wildman–Crippen MR) is 87.8 cm³/mol. The molecule has 0 saturated carbocycles. The van der Waals surface area contributed by atoms with E-state index in [0.717, 1.165) is 36.1 Å². The first kappa shape index (κ1) is 14.5. The van der Waals surface area contributed by atoms with Crippen molar-refractivity contribution in [3.05, 3.63) is 23.8 Å². The minimum Gasteiger partial charge on any atom is -0.306 e. The summed E-state index contributed by atoms with van der Waals surface area (Å²) in [5, 5.41) is 3.68. The number of hydrogen-bond donors (Lipinski definition) is 1. The van der Waals surface area contributed by atoms with Gasteiger partial charge in [-0.05, 0) is 63.5 Å². The quantitative estimate of drug-likeness (QED) is 0.946. The Morgan fingerprint density at radius 2 is 2.19 bits per heavy atom. The first-order valence-electron chi connectivity index (χ1n) is 7.46. The van der Waals surface area contributed by atoms with Crippen molar-refractivity contribution in [1.82, 2.24) is 9.88 Å². The molecule has 0 atom stereocenters. The number of carbonyl (C=O) groups is 1. The number of nitrogens with zero attached hydrogens (tertiary/aromatic N) is 2. The van der Waals surface area contributed by atoms with Crippen molar-refractivity contribution in [3.63, 3.8) is 0 Å². The summed E-state index contributed by atoms with van der Waals surface area (Å²) in [6.45, 7) is 4.26. The van der Waals surface area contributed by atoms with E-state index in [0.29, 0.717) is 17.5 Å². The molecule has 0 aliphatic carbocycles. The topological polar surface area (TPSA) is 45.2 Å². The van der Waals surface area contributed by atoms with Gasteiger partial charge in [-0.3, -0.25) is 4.79 Å². The van der Waals surface area contributed by atoms with Gasteiger partial charge in [-0.25, -0.2) is 4.98 Å². The van der Waals surface area contributed by atoms with Crippen LogP contribution in [-0.4, -0.2) is 35.9 Å². The van der Waals surface area contributed by atoms with Crippen molar-refractivity contribution in [2.45, 2.75) is 26.2 Å². The van der Waals surface area contributed by atoms with Crippen molar-refractivity contribution in [1.29, 1.82) is 0 Å². The zero-order valence-corrected chi connectivity index (χ0v) is 13.4. The van der Waals surface area contributed by atoms with E-state index >= 15 is 0 Å². The molecular formula is C16H21N3OS. The molecule has 2 heterocycles. The maximum atomic E-state index is 12.1. The van der Waals surface area contributed by atoms with E-state index in [4.69, 9.17) is 0 Å². The van der Waals surface area contributed by atoms with Crippen LogP contribution >= 0.6 is 11.3 Å². The van der Waals surface area contributed by atoms with E-state index in [1.165, 1.54) is 5.56 Å². The lowest BCUT2D eigenvalue weighted by Gasteiger charge is -2.28. The molecule has 3 rings (SSSR count). The van der Waals surface area contributed by atoms with E-state index < -0.39 is 0 Å². The average Bonchev–Trinajstić information content (AvgIpc) is 2.82. The second kappa shape index (κ2) is 6.12. The van der Waals surface area contributed by atoms with Gasteiger partial charge in [0.05, 0.1) is 10.2 Å². The highest BCUT2D eigenvalue weighted by Crippen LogP contribution is 2.27. The normalized spacial score (nSPS) is 17.2. The summed E-state index contributed by atoms with van der Waals surface area (Å²) < 4.78 is 1.13. The van der Waals surface area contributed by atoms with Gasteiger partial charge >= 0.3 is 0 Å². The van der Waals surface area contributed by atoms with Crippen LogP contribution in [0.1, 0.15) is 24.8 Å². The highest BCUT2D eigenvalue weighted by molar-refractivity contribution is 7.22. The number of aryl methyl sites for hydroxylation is 1. The molecule has 5 heteroatoms. The highest BCUT2D eigenvalue weighted by Gasteiger charge is 2.20. The molecule has 0 radical (unpaired) electrons. The smallest absolute Gasteiger partial charge is 0.226 e. The van der Waals surface area contributed by atoms with Gasteiger partial charge in [-0.2, -0.15) is 0 Å². The molecule has 1 aromatic heterocycles. The number of benzene rings is 1. The minimum atomic E-state index is 0.0975. The van der Waals surface area contributed by atoms with Gasteiger partial charge in [0, 0.05) is 6.42 Å². The van der Waals surface area contributed by atoms with Crippen LogP contribution in [0.4, 0.5) is 5.13 Å². The first-order chi connectivity index (χ1) is 10.1. The van der Waals surface area contributed by atoms with Crippen LogP contribution < -0.4 is 5.32 Å². The Kier molecular flexibility index (Phi) is 4.22. The Morgan fingerprint density at radius 3 is 2.95 bits per heavy atom. The zero-order chi connectivity index (χ0) is 14.8. The number of rotatable bonds is 3. The molecule has 1 N–H and O–H groups in total. The summed E-state index contributed by atoms with van der Waals surface area (Å²) in [4.78, 5) is 18.9. The molecular weight excluding hydrogens is 282 g/mol. The fourth-order valence-electron chi connectivity index (χ4n) is 2.78. The molecule has 2 aromatic rings. The predicted octanol–water partition coefficient (Wildman–Crippen LogP) is 3.28. The summed E-state index contributed by atoms with van der Waals surface area (Å²) in [6, 6.07) is 6.17. The number of thiazole rings is 1. The van der Waals surface area contributed by atoms with Crippen LogP contribution in [0.15, 0.2) is 18.2 Å². The molecule has 1 saturated heterocycles. The van der Waals surface area contributed by atoms with Crippen LogP contribution in [0.2, 0.25) is 0 Å². The van der Waals surface area contributed by atoms with Crippen molar-refractivity contribution in [2.24, 2.45) is 5.92 Å². The molecule has 4 nitrogen and oxygen atoms in total. The number of aromatic nitrogens is 1. The Labute approximate surface area is 129 Å². The molecule has 112 valence electrons. The largest absolute Gasteiger partial charge is 0.306 e. The summed E-state index contributed by atoms with van der Waals surface area (Å²) >= 11 is 1.55. The van der Waals surface area contributed by atoms with Crippen LogP contribution in [0.5, 0.6) is 0 Å². The van der Waals surface area contributed by atoms with Crippen LogP contribution in [0, 0.1) is 12.8 Å². The third-order valence-corrected chi connectivity index (χ3v) is 5.04. The lowest BCUT2D eigenvalue weighted by molar-refractivity contribution is -0.117. The van der Waals surface area contributed by atoms with Gasteiger partial charge in [0.1, 0.15) is 0 Å². The number of anilines is 1. The average molecular weight is 303 g/mol. The Bertz CT molecular complexity index is 644. The van der Waals surface area contributed by atoms with E-state index in [1.807, 2.05) is 12.1 Å². The summed E-state index contributed by atoms with van der Waals surface area (Å²) in [7, 11) is 2.14. The van der Waals surface area contributed by atoms with Crippen molar-refractivity contribution < 1.29 is 4.79 Å². The number of carbonyl (C=O) groups excluding carboxylic acids is 1. The maximum Gasteiger partial charge on any atom is 0.226 e. The second-order valence-corrected chi connectivity index (χ2v) is 7.02. The van der Waals surface area contributed by atoms with E-state index in [9.17, 15) is 4.79 Å². The van der Waals surface area contributed by atoms with E-state index in [1.54, 1.807) is 11.3 Å².